The number of benzene rings is 1. The first kappa shape index (κ1) is 19.2. The molecule has 1 aliphatic heterocycles. The van der Waals surface area contributed by atoms with Crippen molar-refractivity contribution >= 4 is 11.9 Å². The van der Waals surface area contributed by atoms with Crippen molar-refractivity contribution in [1.82, 2.24) is 0 Å². The molecule has 7 heteroatoms. The van der Waals surface area contributed by atoms with Crippen LogP contribution >= 0.6 is 0 Å². The van der Waals surface area contributed by atoms with Gasteiger partial charge in [0.2, 0.25) is 0 Å². The van der Waals surface area contributed by atoms with Gasteiger partial charge in [-0.1, -0.05) is 12.1 Å². The summed E-state index contributed by atoms with van der Waals surface area (Å²) in [5.74, 6) is -0.120. The smallest absolute Gasteiger partial charge is 0.303 e. The molecular weight excluding hydrogens is 328 g/mol. The molecular formula is C18H24O7. The third-order valence-corrected chi connectivity index (χ3v) is 3.83. The summed E-state index contributed by atoms with van der Waals surface area (Å²) in [6, 6.07) is 7.50. The quantitative estimate of drug-likeness (QED) is 0.726. The summed E-state index contributed by atoms with van der Waals surface area (Å²) in [5, 5.41) is 0. The van der Waals surface area contributed by atoms with Gasteiger partial charge >= 0.3 is 11.9 Å². The number of esters is 2. The van der Waals surface area contributed by atoms with Gasteiger partial charge in [0, 0.05) is 20.3 Å². The molecule has 1 fully saturated rings. The summed E-state index contributed by atoms with van der Waals surface area (Å²) in [6.07, 6.45) is -1.98. The topological polar surface area (TPSA) is 80.3 Å². The van der Waals surface area contributed by atoms with Crippen molar-refractivity contribution in [3.63, 3.8) is 0 Å². The zero-order valence-electron chi connectivity index (χ0n) is 14.9. The summed E-state index contributed by atoms with van der Waals surface area (Å²) >= 11 is 0. The third kappa shape index (κ3) is 5.72. The van der Waals surface area contributed by atoms with E-state index in [1.165, 1.54) is 13.8 Å². The molecule has 4 atom stereocenters. The lowest BCUT2D eigenvalue weighted by Crippen LogP contribution is -2.51. The summed E-state index contributed by atoms with van der Waals surface area (Å²) in [5.41, 5.74) is 0.961. The van der Waals surface area contributed by atoms with Gasteiger partial charge in [-0.15, -0.1) is 0 Å². The van der Waals surface area contributed by atoms with Crippen LogP contribution in [0.15, 0.2) is 24.3 Å². The number of rotatable bonds is 6. The molecule has 0 aliphatic carbocycles. The maximum absolute atomic E-state index is 11.3. The molecule has 138 valence electrons. The first-order valence-electron chi connectivity index (χ1n) is 8.13. The van der Waals surface area contributed by atoms with Gasteiger partial charge in [0.25, 0.3) is 0 Å². The molecule has 1 aromatic carbocycles. The molecule has 0 radical (unpaired) electrons. The van der Waals surface area contributed by atoms with Crippen LogP contribution in [0.5, 0.6) is 5.75 Å². The van der Waals surface area contributed by atoms with Crippen LogP contribution in [0.4, 0.5) is 0 Å². The summed E-state index contributed by atoms with van der Waals surface area (Å²) < 4.78 is 27.2. The van der Waals surface area contributed by atoms with Gasteiger partial charge in [-0.25, -0.2) is 0 Å². The van der Waals surface area contributed by atoms with Crippen molar-refractivity contribution in [1.29, 1.82) is 0 Å². The van der Waals surface area contributed by atoms with Crippen molar-refractivity contribution in [2.45, 2.75) is 58.4 Å². The summed E-state index contributed by atoms with van der Waals surface area (Å²) in [7, 11) is 1.61. The Balaban J connectivity index is 1.97. The minimum absolute atomic E-state index is 0.290. The van der Waals surface area contributed by atoms with E-state index in [1.807, 2.05) is 24.3 Å². The summed E-state index contributed by atoms with van der Waals surface area (Å²) in [4.78, 5) is 22.6. The molecule has 1 aromatic rings. The van der Waals surface area contributed by atoms with E-state index < -0.39 is 36.5 Å². The van der Waals surface area contributed by atoms with Crippen molar-refractivity contribution < 1.29 is 33.3 Å². The molecule has 0 saturated carbocycles. The van der Waals surface area contributed by atoms with E-state index in [-0.39, 0.29) is 6.42 Å². The van der Waals surface area contributed by atoms with Gasteiger partial charge in [0.15, 0.2) is 12.4 Å². The number of methoxy groups -OCH3 is 1. The maximum atomic E-state index is 11.3. The molecule has 0 bridgehead atoms. The zero-order valence-corrected chi connectivity index (χ0v) is 14.9. The third-order valence-electron chi connectivity index (χ3n) is 3.83. The fourth-order valence-corrected chi connectivity index (χ4v) is 2.71. The average molecular weight is 352 g/mol. The van der Waals surface area contributed by atoms with Crippen LogP contribution in [0.25, 0.3) is 0 Å². The Hall–Kier alpha value is -2.12. The van der Waals surface area contributed by atoms with E-state index >= 15 is 0 Å². The second-order valence-electron chi connectivity index (χ2n) is 5.89. The lowest BCUT2D eigenvalue weighted by Gasteiger charge is -2.38. The average Bonchev–Trinajstić information content (AvgIpc) is 2.56. The minimum atomic E-state index is -0.651. The first-order valence-corrected chi connectivity index (χ1v) is 8.13. The molecule has 0 aromatic heterocycles. The van der Waals surface area contributed by atoms with Crippen LogP contribution in [0.3, 0.4) is 0 Å². The van der Waals surface area contributed by atoms with E-state index in [0.717, 1.165) is 11.3 Å². The highest BCUT2D eigenvalue weighted by Crippen LogP contribution is 2.27. The van der Waals surface area contributed by atoms with Crippen LogP contribution in [0, 0.1) is 0 Å². The van der Waals surface area contributed by atoms with Gasteiger partial charge in [-0.3, -0.25) is 9.59 Å². The van der Waals surface area contributed by atoms with Gasteiger partial charge in [0.1, 0.15) is 11.9 Å². The fourth-order valence-electron chi connectivity index (χ4n) is 2.71. The fraction of sp³-hybridized carbons (Fsp3) is 0.556. The Labute approximate surface area is 147 Å². The van der Waals surface area contributed by atoms with Crippen molar-refractivity contribution in [2.75, 3.05) is 7.11 Å². The number of ether oxygens (including phenoxy) is 5. The lowest BCUT2D eigenvalue weighted by molar-refractivity contribution is -0.258. The SMILES string of the molecule is COc1ccc(COC2C[C@H](OC(C)=O)[C@H](OC(C)=O)[C@H](C)O2)cc1. The Bertz CT molecular complexity index is 584. The molecule has 2 rings (SSSR count). The van der Waals surface area contributed by atoms with Crippen molar-refractivity contribution in [2.24, 2.45) is 0 Å². The number of hydrogen-bond acceptors (Lipinski definition) is 7. The number of hydrogen-bond donors (Lipinski definition) is 0. The van der Waals surface area contributed by atoms with E-state index in [4.69, 9.17) is 23.7 Å². The molecule has 1 aliphatic rings. The largest absolute Gasteiger partial charge is 0.497 e. The Morgan fingerprint density at radius 1 is 1.12 bits per heavy atom. The summed E-state index contributed by atoms with van der Waals surface area (Å²) in [6.45, 7) is 4.72. The minimum Gasteiger partial charge on any atom is -0.497 e. The van der Waals surface area contributed by atoms with Crippen molar-refractivity contribution in [3.05, 3.63) is 29.8 Å². The van der Waals surface area contributed by atoms with Gasteiger partial charge in [-0.2, -0.15) is 0 Å². The molecule has 1 heterocycles. The van der Waals surface area contributed by atoms with E-state index in [1.54, 1.807) is 14.0 Å². The van der Waals surface area contributed by atoms with Crippen molar-refractivity contribution in [3.8, 4) is 5.75 Å². The highest BCUT2D eigenvalue weighted by atomic mass is 16.7. The molecule has 0 N–H and O–H groups in total. The number of carbonyl (C=O) groups is 2. The monoisotopic (exact) mass is 352 g/mol. The molecule has 0 amide bonds. The van der Waals surface area contributed by atoms with Crippen LogP contribution in [-0.4, -0.2) is 43.7 Å². The van der Waals surface area contributed by atoms with E-state index in [2.05, 4.69) is 0 Å². The number of carbonyl (C=O) groups excluding carboxylic acids is 2. The van der Waals surface area contributed by atoms with E-state index in [0.29, 0.717) is 6.61 Å². The Morgan fingerprint density at radius 3 is 2.32 bits per heavy atom. The van der Waals surface area contributed by atoms with Gasteiger partial charge < -0.3 is 23.7 Å². The zero-order chi connectivity index (χ0) is 18.4. The van der Waals surface area contributed by atoms with Crippen LogP contribution < -0.4 is 4.74 Å². The Morgan fingerprint density at radius 2 is 1.76 bits per heavy atom. The standard InChI is InChI=1S/C18H24O7/c1-11-18(25-13(3)20)16(24-12(2)19)9-17(23-11)22-10-14-5-7-15(21-4)8-6-14/h5-8,11,16-18H,9-10H2,1-4H3/t11-,16-,17?,18+/m0/s1. The van der Waals surface area contributed by atoms with Crippen LogP contribution in [0.1, 0.15) is 32.8 Å². The normalized spacial score (nSPS) is 25.9. The van der Waals surface area contributed by atoms with Gasteiger partial charge in [-0.05, 0) is 24.6 Å². The Kier molecular flexibility index (Phi) is 6.78. The van der Waals surface area contributed by atoms with E-state index in [9.17, 15) is 9.59 Å². The molecule has 25 heavy (non-hydrogen) atoms. The second kappa shape index (κ2) is 8.82. The predicted octanol–water partition coefficient (Wildman–Crippen LogP) is 2.21. The molecule has 1 saturated heterocycles. The maximum Gasteiger partial charge on any atom is 0.303 e. The lowest BCUT2D eigenvalue weighted by atomic mass is 10.0. The van der Waals surface area contributed by atoms with Crippen LogP contribution in [-0.2, 0) is 35.1 Å². The highest BCUT2D eigenvalue weighted by Gasteiger charge is 2.41. The molecule has 7 nitrogen and oxygen atoms in total. The predicted molar refractivity (Wildman–Crippen MR) is 87.8 cm³/mol. The molecule has 1 unspecified atom stereocenters. The second-order valence-corrected chi connectivity index (χ2v) is 5.89. The van der Waals surface area contributed by atoms with Crippen LogP contribution in [0.2, 0.25) is 0 Å². The molecule has 0 spiro atoms. The van der Waals surface area contributed by atoms with Gasteiger partial charge in [0.05, 0.1) is 19.8 Å². The first-order chi connectivity index (χ1) is 11.9. The highest BCUT2D eigenvalue weighted by molar-refractivity contribution is 5.67.